The molecule has 240 valence electrons. The summed E-state index contributed by atoms with van der Waals surface area (Å²) in [6.07, 6.45) is 0. The SMILES string of the molecule is CC1(C)c2cc(Oc3ccccc3-c3ccccc3)ccc2-c2cc3c(cc21)-c1cc2c(cc1C3(C)C)Oc1ccccc1-c1ccccc1-2. The van der Waals surface area contributed by atoms with Gasteiger partial charge in [-0.1, -0.05) is 125 Å². The highest BCUT2D eigenvalue weighted by atomic mass is 16.5. The summed E-state index contributed by atoms with van der Waals surface area (Å²) in [5.41, 5.74) is 17.1. The molecule has 50 heavy (non-hydrogen) atoms. The van der Waals surface area contributed by atoms with E-state index in [2.05, 4.69) is 161 Å². The molecule has 2 aliphatic carbocycles. The molecule has 0 saturated heterocycles. The molecule has 0 spiro atoms. The molecule has 0 atom stereocenters. The zero-order valence-corrected chi connectivity index (χ0v) is 28.7. The van der Waals surface area contributed by atoms with E-state index < -0.39 is 0 Å². The van der Waals surface area contributed by atoms with Crippen molar-refractivity contribution in [3.8, 4) is 78.6 Å². The maximum atomic E-state index is 6.74. The Bertz CT molecular complexity index is 2540. The van der Waals surface area contributed by atoms with Gasteiger partial charge < -0.3 is 9.47 Å². The van der Waals surface area contributed by atoms with Gasteiger partial charge >= 0.3 is 0 Å². The lowest BCUT2D eigenvalue weighted by Gasteiger charge is -2.24. The van der Waals surface area contributed by atoms with Crippen LogP contribution in [0.15, 0.2) is 146 Å². The molecule has 7 aromatic carbocycles. The van der Waals surface area contributed by atoms with Gasteiger partial charge in [-0.3, -0.25) is 0 Å². The topological polar surface area (TPSA) is 18.5 Å². The van der Waals surface area contributed by atoms with Gasteiger partial charge in [0.1, 0.15) is 23.0 Å². The van der Waals surface area contributed by atoms with Crippen molar-refractivity contribution in [2.24, 2.45) is 0 Å². The van der Waals surface area contributed by atoms with E-state index in [9.17, 15) is 0 Å². The molecule has 10 rings (SSSR count). The first-order chi connectivity index (χ1) is 24.3. The summed E-state index contributed by atoms with van der Waals surface area (Å²) in [6.45, 7) is 9.42. The van der Waals surface area contributed by atoms with Gasteiger partial charge in [0.05, 0.1) is 0 Å². The van der Waals surface area contributed by atoms with Crippen LogP contribution >= 0.6 is 0 Å². The highest BCUT2D eigenvalue weighted by Crippen LogP contribution is 2.59. The molecule has 0 unspecified atom stereocenters. The Morgan fingerprint density at radius 1 is 0.380 bits per heavy atom. The summed E-state index contributed by atoms with van der Waals surface area (Å²) in [6, 6.07) is 52.1. The Morgan fingerprint density at radius 2 is 0.920 bits per heavy atom. The molecule has 1 aliphatic heterocycles. The minimum absolute atomic E-state index is 0.194. The van der Waals surface area contributed by atoms with Crippen LogP contribution < -0.4 is 9.47 Å². The van der Waals surface area contributed by atoms with Crippen LogP contribution in [0.2, 0.25) is 0 Å². The van der Waals surface area contributed by atoms with Crippen molar-refractivity contribution >= 4 is 0 Å². The number of hydrogen-bond acceptors (Lipinski definition) is 2. The van der Waals surface area contributed by atoms with E-state index in [1.54, 1.807) is 0 Å². The fraction of sp³-hybridized carbons (Fsp3) is 0.125. The van der Waals surface area contributed by atoms with E-state index in [1.807, 2.05) is 12.1 Å². The first kappa shape index (κ1) is 29.1. The average Bonchev–Trinajstić information content (AvgIpc) is 3.42. The van der Waals surface area contributed by atoms with Crippen LogP contribution in [0.3, 0.4) is 0 Å². The average molecular weight is 645 g/mol. The summed E-state index contributed by atoms with van der Waals surface area (Å²) in [7, 11) is 0. The molecule has 2 heteroatoms. The number of ether oxygens (including phenoxy) is 2. The second-order valence-electron chi connectivity index (χ2n) is 14.9. The van der Waals surface area contributed by atoms with E-state index in [1.165, 1.54) is 55.6 Å². The monoisotopic (exact) mass is 644 g/mol. The molecule has 0 fully saturated rings. The molecule has 0 bridgehead atoms. The Kier molecular flexibility index (Phi) is 6.01. The van der Waals surface area contributed by atoms with Crippen LogP contribution in [0.25, 0.3) is 55.6 Å². The Balaban J connectivity index is 1.08. The molecule has 2 nitrogen and oxygen atoms in total. The first-order valence-electron chi connectivity index (χ1n) is 17.5. The van der Waals surface area contributed by atoms with Crippen LogP contribution in [-0.2, 0) is 10.8 Å². The van der Waals surface area contributed by atoms with Crippen LogP contribution in [0.5, 0.6) is 23.0 Å². The molecule has 3 aliphatic rings. The van der Waals surface area contributed by atoms with Crippen molar-refractivity contribution in [1.82, 2.24) is 0 Å². The number of fused-ring (bicyclic) bond motifs is 11. The van der Waals surface area contributed by atoms with Gasteiger partial charge in [0.2, 0.25) is 0 Å². The first-order valence-corrected chi connectivity index (χ1v) is 17.5. The molecular formula is C48H36O2. The Hall–Kier alpha value is -5.86. The van der Waals surface area contributed by atoms with Gasteiger partial charge in [0.25, 0.3) is 0 Å². The second-order valence-corrected chi connectivity index (χ2v) is 14.9. The number of rotatable bonds is 3. The van der Waals surface area contributed by atoms with E-state index in [0.717, 1.165) is 45.3 Å². The van der Waals surface area contributed by atoms with Crippen LogP contribution in [0.4, 0.5) is 0 Å². The molecule has 0 aromatic heterocycles. The highest BCUT2D eigenvalue weighted by Gasteiger charge is 2.42. The third-order valence-electron chi connectivity index (χ3n) is 11.4. The van der Waals surface area contributed by atoms with E-state index in [4.69, 9.17) is 9.47 Å². The van der Waals surface area contributed by atoms with Gasteiger partial charge in [0, 0.05) is 27.5 Å². The van der Waals surface area contributed by atoms with E-state index in [-0.39, 0.29) is 10.8 Å². The van der Waals surface area contributed by atoms with Gasteiger partial charge in [-0.15, -0.1) is 0 Å². The van der Waals surface area contributed by atoms with Crippen molar-refractivity contribution in [3.05, 3.63) is 168 Å². The van der Waals surface area contributed by atoms with Gasteiger partial charge in [0.15, 0.2) is 0 Å². The van der Waals surface area contributed by atoms with Gasteiger partial charge in [-0.05, 0) is 110 Å². The third kappa shape index (κ3) is 4.08. The normalized spacial score (nSPS) is 14.9. The van der Waals surface area contributed by atoms with Crippen LogP contribution in [0.1, 0.15) is 49.9 Å². The Labute approximate surface area is 293 Å². The quantitative estimate of drug-likeness (QED) is 0.191. The van der Waals surface area contributed by atoms with Gasteiger partial charge in [-0.2, -0.15) is 0 Å². The molecule has 0 radical (unpaired) electrons. The second kappa shape index (κ2) is 10.3. The largest absolute Gasteiger partial charge is 0.457 e. The number of benzene rings is 7. The summed E-state index contributed by atoms with van der Waals surface area (Å²) >= 11 is 0. The minimum Gasteiger partial charge on any atom is -0.457 e. The maximum Gasteiger partial charge on any atom is 0.135 e. The summed E-state index contributed by atoms with van der Waals surface area (Å²) in [4.78, 5) is 0. The maximum absolute atomic E-state index is 6.74. The fourth-order valence-corrected chi connectivity index (χ4v) is 8.71. The highest BCUT2D eigenvalue weighted by molar-refractivity contribution is 5.96. The minimum atomic E-state index is -0.200. The lowest BCUT2D eigenvalue weighted by molar-refractivity contribution is 0.482. The summed E-state index contributed by atoms with van der Waals surface area (Å²) in [5, 5.41) is 0. The standard InChI is InChI=1S/C48H36O2/c1-47(2)40-24-30(49-44-20-12-10-16-31(44)29-14-6-5-7-15-29)22-23-34(40)37-26-42-38(27-41(37)47)36-25-39-33-18-9-8-17-32(33)35-19-11-13-21-45(35)50-46(39)28-43(36)48(42,3)4/h5-28H,1-4H3. The predicted octanol–water partition coefficient (Wildman–Crippen LogP) is 13.2. The van der Waals surface area contributed by atoms with Crippen molar-refractivity contribution < 1.29 is 9.47 Å². The molecule has 0 saturated carbocycles. The zero-order valence-electron chi connectivity index (χ0n) is 28.7. The lowest BCUT2D eigenvalue weighted by atomic mass is 9.79. The predicted molar refractivity (Wildman–Crippen MR) is 204 cm³/mol. The fourth-order valence-electron chi connectivity index (χ4n) is 8.71. The van der Waals surface area contributed by atoms with Gasteiger partial charge in [-0.25, -0.2) is 0 Å². The van der Waals surface area contributed by atoms with Crippen molar-refractivity contribution in [1.29, 1.82) is 0 Å². The van der Waals surface area contributed by atoms with Crippen molar-refractivity contribution in [2.45, 2.75) is 38.5 Å². The van der Waals surface area contributed by atoms with Crippen LogP contribution in [-0.4, -0.2) is 0 Å². The molecule has 0 amide bonds. The number of para-hydroxylation sites is 2. The molecular weight excluding hydrogens is 609 g/mol. The summed E-state index contributed by atoms with van der Waals surface area (Å²) < 4.78 is 13.4. The lowest BCUT2D eigenvalue weighted by Crippen LogP contribution is -2.17. The van der Waals surface area contributed by atoms with Crippen molar-refractivity contribution in [3.63, 3.8) is 0 Å². The smallest absolute Gasteiger partial charge is 0.135 e. The third-order valence-corrected chi connectivity index (χ3v) is 11.4. The molecule has 7 aromatic rings. The zero-order chi connectivity index (χ0) is 33.8. The van der Waals surface area contributed by atoms with Crippen LogP contribution in [0, 0.1) is 0 Å². The summed E-state index contributed by atoms with van der Waals surface area (Å²) in [5.74, 6) is 3.53. The molecule has 0 N–H and O–H groups in total. The van der Waals surface area contributed by atoms with E-state index in [0.29, 0.717) is 0 Å². The van der Waals surface area contributed by atoms with Crippen molar-refractivity contribution in [2.75, 3.05) is 0 Å². The van der Waals surface area contributed by atoms with E-state index >= 15 is 0 Å². The number of hydrogen-bond donors (Lipinski definition) is 0. The Morgan fingerprint density at radius 3 is 1.66 bits per heavy atom. The molecule has 1 heterocycles.